The number of Topliss-reactive ketones (excluding diaryl/α,β-unsaturated/α-hetero) is 1. The number of rotatable bonds is 0. The fraction of sp³-hybridized carbons (Fsp3) is 0.357. The maximum Gasteiger partial charge on any atom is 0.191 e. The molecule has 0 spiro atoms. The number of fused-ring (bicyclic) bond motifs is 1. The predicted molar refractivity (Wildman–Crippen MR) is 63.4 cm³/mol. The summed E-state index contributed by atoms with van der Waals surface area (Å²) in [5, 5.41) is 0. The second-order valence-corrected chi connectivity index (χ2v) is 4.61. The zero-order chi connectivity index (χ0) is 11.1. The first kappa shape index (κ1) is 9.64. The third kappa shape index (κ3) is 1.29. The highest BCUT2D eigenvalue weighted by Crippen LogP contribution is 2.32. The van der Waals surface area contributed by atoms with Gasteiger partial charge >= 0.3 is 0 Å². The molecule has 0 atom stereocenters. The number of likely N-dealkylation sites (tertiary alicyclic amines) is 1. The number of benzene rings is 1. The standard InChI is InChI=1S/C14H15NO/c1-15-8-4-7-13(15)12-9-10-5-2-3-6-11(10)14(12)16/h2-3,5-6H,4,7-9H2,1H3. The minimum atomic E-state index is 0.249. The average molecular weight is 213 g/mol. The molecule has 3 rings (SSSR count). The van der Waals surface area contributed by atoms with E-state index >= 15 is 0 Å². The summed E-state index contributed by atoms with van der Waals surface area (Å²) < 4.78 is 0. The Morgan fingerprint density at radius 2 is 2.06 bits per heavy atom. The number of hydrogen-bond donors (Lipinski definition) is 0. The van der Waals surface area contributed by atoms with Crippen molar-refractivity contribution in [2.24, 2.45) is 0 Å². The molecule has 0 unspecified atom stereocenters. The van der Waals surface area contributed by atoms with Gasteiger partial charge in [0.05, 0.1) is 0 Å². The van der Waals surface area contributed by atoms with Crippen LogP contribution in [0.25, 0.3) is 0 Å². The highest BCUT2D eigenvalue weighted by Gasteiger charge is 2.29. The van der Waals surface area contributed by atoms with Crippen LogP contribution in [0, 0.1) is 0 Å². The number of nitrogens with zero attached hydrogens (tertiary/aromatic N) is 1. The van der Waals surface area contributed by atoms with Gasteiger partial charge in [-0.2, -0.15) is 0 Å². The van der Waals surface area contributed by atoms with E-state index in [1.165, 1.54) is 17.7 Å². The van der Waals surface area contributed by atoms with Crippen molar-refractivity contribution in [3.63, 3.8) is 0 Å². The van der Waals surface area contributed by atoms with Crippen molar-refractivity contribution in [1.29, 1.82) is 0 Å². The zero-order valence-electron chi connectivity index (χ0n) is 9.49. The van der Waals surface area contributed by atoms with Gasteiger partial charge in [0, 0.05) is 36.8 Å². The van der Waals surface area contributed by atoms with Crippen LogP contribution in [0.1, 0.15) is 28.8 Å². The Balaban J connectivity index is 2.07. The van der Waals surface area contributed by atoms with Crippen LogP contribution in [-0.4, -0.2) is 24.3 Å². The molecule has 1 fully saturated rings. The molecule has 0 radical (unpaired) electrons. The van der Waals surface area contributed by atoms with Crippen LogP contribution in [-0.2, 0) is 6.42 Å². The largest absolute Gasteiger partial charge is 0.378 e. The molecule has 1 aliphatic carbocycles. The zero-order valence-corrected chi connectivity index (χ0v) is 9.49. The molecular weight excluding hydrogens is 198 g/mol. The first-order valence-electron chi connectivity index (χ1n) is 5.83. The first-order chi connectivity index (χ1) is 7.77. The fourth-order valence-corrected chi connectivity index (χ4v) is 2.75. The summed E-state index contributed by atoms with van der Waals surface area (Å²) in [5.41, 5.74) is 4.39. The number of hydrogen-bond acceptors (Lipinski definition) is 2. The predicted octanol–water partition coefficient (Wildman–Crippen LogP) is 2.41. The molecule has 0 amide bonds. The lowest BCUT2D eigenvalue weighted by Crippen LogP contribution is -2.14. The van der Waals surface area contributed by atoms with E-state index in [1.54, 1.807) is 0 Å². The molecule has 1 heterocycles. The normalized spacial score (nSPS) is 24.1. The number of ketones is 1. The summed E-state index contributed by atoms with van der Waals surface area (Å²) in [4.78, 5) is 14.5. The number of carbonyl (C=O) groups excluding carboxylic acids is 1. The molecule has 0 N–H and O–H groups in total. The molecule has 0 saturated carbocycles. The summed E-state index contributed by atoms with van der Waals surface area (Å²) in [7, 11) is 2.09. The van der Waals surface area contributed by atoms with Crippen molar-refractivity contribution >= 4 is 5.78 Å². The smallest absolute Gasteiger partial charge is 0.191 e. The molecule has 2 nitrogen and oxygen atoms in total. The summed E-state index contributed by atoms with van der Waals surface area (Å²) in [6, 6.07) is 7.97. The van der Waals surface area contributed by atoms with Gasteiger partial charge in [0.25, 0.3) is 0 Å². The summed E-state index contributed by atoms with van der Waals surface area (Å²) >= 11 is 0. The van der Waals surface area contributed by atoms with Crippen LogP contribution in [0.5, 0.6) is 0 Å². The van der Waals surface area contributed by atoms with Gasteiger partial charge < -0.3 is 4.90 Å². The number of allylic oxidation sites excluding steroid dienone is 2. The van der Waals surface area contributed by atoms with Crippen LogP contribution >= 0.6 is 0 Å². The maximum absolute atomic E-state index is 12.2. The quantitative estimate of drug-likeness (QED) is 0.617. The number of carbonyl (C=O) groups is 1. The molecule has 1 saturated heterocycles. The van der Waals surface area contributed by atoms with E-state index in [2.05, 4.69) is 18.0 Å². The monoisotopic (exact) mass is 213 g/mol. The molecule has 16 heavy (non-hydrogen) atoms. The molecule has 1 aromatic carbocycles. The van der Waals surface area contributed by atoms with Gasteiger partial charge in [0.1, 0.15) is 0 Å². The van der Waals surface area contributed by atoms with Crippen LogP contribution in [0.3, 0.4) is 0 Å². The van der Waals surface area contributed by atoms with Gasteiger partial charge in [0.2, 0.25) is 0 Å². The second kappa shape index (κ2) is 3.48. The van der Waals surface area contributed by atoms with E-state index in [0.717, 1.165) is 30.5 Å². The third-order valence-electron chi connectivity index (χ3n) is 3.62. The summed E-state index contributed by atoms with van der Waals surface area (Å²) in [5.74, 6) is 0.249. The maximum atomic E-state index is 12.2. The van der Waals surface area contributed by atoms with Crippen molar-refractivity contribution in [2.45, 2.75) is 19.3 Å². The molecule has 82 valence electrons. The Bertz CT molecular complexity index is 487. The van der Waals surface area contributed by atoms with Gasteiger partial charge in [-0.05, 0) is 18.4 Å². The van der Waals surface area contributed by atoms with Crippen LogP contribution in [0.2, 0.25) is 0 Å². The Hall–Kier alpha value is -1.57. The Kier molecular flexibility index (Phi) is 2.10. The van der Waals surface area contributed by atoms with Crippen molar-refractivity contribution in [1.82, 2.24) is 4.90 Å². The van der Waals surface area contributed by atoms with Crippen molar-refractivity contribution in [3.05, 3.63) is 46.7 Å². The highest BCUT2D eigenvalue weighted by atomic mass is 16.1. The van der Waals surface area contributed by atoms with Crippen LogP contribution in [0.15, 0.2) is 35.5 Å². The molecule has 2 aliphatic rings. The van der Waals surface area contributed by atoms with Crippen molar-refractivity contribution < 1.29 is 4.79 Å². The van der Waals surface area contributed by atoms with Gasteiger partial charge in [-0.25, -0.2) is 0 Å². The van der Waals surface area contributed by atoms with E-state index in [1.807, 2.05) is 18.2 Å². The van der Waals surface area contributed by atoms with E-state index in [9.17, 15) is 4.79 Å². The van der Waals surface area contributed by atoms with E-state index in [0.29, 0.717) is 0 Å². The first-order valence-corrected chi connectivity index (χ1v) is 5.83. The lowest BCUT2D eigenvalue weighted by molar-refractivity contribution is 0.103. The average Bonchev–Trinajstić information content (AvgIpc) is 2.84. The van der Waals surface area contributed by atoms with Crippen LogP contribution < -0.4 is 0 Å². The molecule has 1 aliphatic heterocycles. The minimum absolute atomic E-state index is 0.249. The summed E-state index contributed by atoms with van der Waals surface area (Å²) in [6.07, 6.45) is 3.07. The van der Waals surface area contributed by atoms with Gasteiger partial charge in [-0.3, -0.25) is 4.79 Å². The minimum Gasteiger partial charge on any atom is -0.378 e. The molecule has 0 bridgehead atoms. The molecule has 0 aromatic heterocycles. The van der Waals surface area contributed by atoms with Crippen molar-refractivity contribution in [2.75, 3.05) is 13.6 Å². The lowest BCUT2D eigenvalue weighted by Gasteiger charge is -2.14. The van der Waals surface area contributed by atoms with Crippen molar-refractivity contribution in [3.8, 4) is 0 Å². The molecular formula is C14H15NO. The SMILES string of the molecule is CN1CCCC1=C1Cc2ccccc2C1=O. The van der Waals surface area contributed by atoms with Gasteiger partial charge in [-0.1, -0.05) is 24.3 Å². The fourth-order valence-electron chi connectivity index (χ4n) is 2.75. The second-order valence-electron chi connectivity index (χ2n) is 4.61. The topological polar surface area (TPSA) is 20.3 Å². The summed E-state index contributed by atoms with van der Waals surface area (Å²) in [6.45, 7) is 1.09. The molecule has 2 heteroatoms. The Morgan fingerprint density at radius 1 is 1.25 bits per heavy atom. The third-order valence-corrected chi connectivity index (χ3v) is 3.62. The molecule has 1 aromatic rings. The highest BCUT2D eigenvalue weighted by molar-refractivity contribution is 6.13. The van der Waals surface area contributed by atoms with E-state index in [-0.39, 0.29) is 5.78 Å². The van der Waals surface area contributed by atoms with Gasteiger partial charge in [-0.15, -0.1) is 0 Å². The Labute approximate surface area is 95.6 Å². The lowest BCUT2D eigenvalue weighted by atomic mass is 10.1. The Morgan fingerprint density at radius 3 is 2.75 bits per heavy atom. The van der Waals surface area contributed by atoms with E-state index in [4.69, 9.17) is 0 Å². The van der Waals surface area contributed by atoms with Crippen LogP contribution in [0.4, 0.5) is 0 Å². The van der Waals surface area contributed by atoms with Gasteiger partial charge in [0.15, 0.2) is 5.78 Å². The van der Waals surface area contributed by atoms with E-state index < -0.39 is 0 Å².